The lowest BCUT2D eigenvalue weighted by Crippen LogP contribution is -2.20. The number of rotatable bonds is 7. The molecule has 1 heterocycles. The molecule has 10 heteroatoms. The van der Waals surface area contributed by atoms with E-state index < -0.39 is 0 Å². The molecule has 1 amide bonds. The third-order valence-corrected chi connectivity index (χ3v) is 5.94. The van der Waals surface area contributed by atoms with Crippen LogP contribution in [0.2, 0.25) is 0 Å². The van der Waals surface area contributed by atoms with Crippen LogP contribution in [0.4, 0.5) is 0 Å². The van der Waals surface area contributed by atoms with E-state index in [9.17, 15) is 15.0 Å². The number of halogens is 1. The molecule has 1 aromatic heterocycles. The maximum absolute atomic E-state index is 12.3. The minimum Gasteiger partial charge on any atom is -0.504 e. The number of nitrogens with one attached hydrogen (secondary N) is 1. The van der Waals surface area contributed by atoms with E-state index in [0.29, 0.717) is 16.5 Å². The van der Waals surface area contributed by atoms with E-state index >= 15 is 0 Å². The van der Waals surface area contributed by atoms with Gasteiger partial charge in [0.1, 0.15) is 0 Å². The molecule has 4 rings (SSSR count). The van der Waals surface area contributed by atoms with E-state index in [0.717, 1.165) is 15.7 Å². The molecule has 4 aromatic rings. The van der Waals surface area contributed by atoms with Crippen LogP contribution in [0.3, 0.4) is 0 Å². The molecule has 0 atom stereocenters. The molecule has 166 valence electrons. The molecule has 0 saturated heterocycles. The molecule has 0 unspecified atom stereocenters. The largest absolute Gasteiger partial charge is 0.504 e. The molecule has 0 saturated carbocycles. The summed E-state index contributed by atoms with van der Waals surface area (Å²) in [6.07, 6.45) is 1.37. The number of hydrogen-bond acceptors (Lipinski definition) is 7. The van der Waals surface area contributed by atoms with Gasteiger partial charge in [0.15, 0.2) is 22.5 Å². The van der Waals surface area contributed by atoms with Crippen molar-refractivity contribution >= 4 is 39.8 Å². The second-order valence-corrected chi connectivity index (χ2v) is 8.67. The van der Waals surface area contributed by atoms with E-state index in [1.807, 2.05) is 59.2 Å². The molecule has 8 nitrogen and oxygen atoms in total. The fraction of sp³-hybridized carbons (Fsp3) is 0.0435. The standard InChI is InChI=1S/C23H18BrN5O3S/c24-17-7-9-18(10-8-17)29-22(16-4-2-1-3-5-16)27-28-23(29)33-14-21(32)26-25-13-15-6-11-19(30)20(31)12-15/h1-13,30-31H,14H2,(H,26,32)/b25-13+. The second-order valence-electron chi connectivity index (χ2n) is 6.81. The van der Waals surface area contributed by atoms with Crippen LogP contribution in [0.5, 0.6) is 11.5 Å². The fourth-order valence-corrected chi connectivity index (χ4v) is 3.93. The van der Waals surface area contributed by atoms with Gasteiger partial charge in [-0.15, -0.1) is 10.2 Å². The summed E-state index contributed by atoms with van der Waals surface area (Å²) in [4.78, 5) is 12.3. The monoisotopic (exact) mass is 523 g/mol. The molecule has 0 spiro atoms. The highest BCUT2D eigenvalue weighted by Gasteiger charge is 2.17. The van der Waals surface area contributed by atoms with Crippen molar-refractivity contribution in [2.45, 2.75) is 5.16 Å². The first-order valence-electron chi connectivity index (χ1n) is 9.75. The van der Waals surface area contributed by atoms with Gasteiger partial charge in [-0.25, -0.2) is 5.43 Å². The fourth-order valence-electron chi connectivity index (χ4n) is 2.92. The zero-order chi connectivity index (χ0) is 23.2. The van der Waals surface area contributed by atoms with Crippen molar-refractivity contribution < 1.29 is 15.0 Å². The Morgan fingerprint density at radius 1 is 1.03 bits per heavy atom. The summed E-state index contributed by atoms with van der Waals surface area (Å²) < 4.78 is 2.86. The van der Waals surface area contributed by atoms with Gasteiger partial charge < -0.3 is 10.2 Å². The normalized spacial score (nSPS) is 11.1. The van der Waals surface area contributed by atoms with E-state index in [4.69, 9.17) is 0 Å². The van der Waals surface area contributed by atoms with Gasteiger partial charge in [0.25, 0.3) is 5.91 Å². The lowest BCUT2D eigenvalue weighted by Gasteiger charge is -2.10. The predicted octanol–water partition coefficient (Wildman–Crippen LogP) is 4.35. The number of benzene rings is 3. The van der Waals surface area contributed by atoms with Crippen LogP contribution >= 0.6 is 27.7 Å². The van der Waals surface area contributed by atoms with Crippen molar-refractivity contribution in [2.75, 3.05) is 5.75 Å². The number of hydrogen-bond donors (Lipinski definition) is 3. The highest BCUT2D eigenvalue weighted by Crippen LogP contribution is 2.28. The number of phenols is 2. The van der Waals surface area contributed by atoms with Crippen LogP contribution in [0.1, 0.15) is 5.56 Å². The molecule has 0 bridgehead atoms. The van der Waals surface area contributed by atoms with Gasteiger partial charge in [0.05, 0.1) is 12.0 Å². The number of carbonyl (C=O) groups excluding carboxylic acids is 1. The molecule has 0 aliphatic heterocycles. The van der Waals surface area contributed by atoms with Crippen LogP contribution in [-0.4, -0.2) is 42.9 Å². The summed E-state index contributed by atoms with van der Waals surface area (Å²) >= 11 is 4.69. The topological polar surface area (TPSA) is 113 Å². The summed E-state index contributed by atoms with van der Waals surface area (Å²) in [5.74, 6) is -0.0711. The average molecular weight is 524 g/mol. The van der Waals surface area contributed by atoms with Crippen molar-refractivity contribution in [2.24, 2.45) is 5.10 Å². The van der Waals surface area contributed by atoms with Gasteiger partial charge in [-0.3, -0.25) is 9.36 Å². The second kappa shape index (κ2) is 10.3. The van der Waals surface area contributed by atoms with Gasteiger partial charge in [-0.2, -0.15) is 5.10 Å². The van der Waals surface area contributed by atoms with Gasteiger partial charge in [-0.1, -0.05) is 58.0 Å². The molecule has 33 heavy (non-hydrogen) atoms. The zero-order valence-corrected chi connectivity index (χ0v) is 19.5. The lowest BCUT2D eigenvalue weighted by molar-refractivity contribution is -0.118. The van der Waals surface area contributed by atoms with Crippen LogP contribution < -0.4 is 5.43 Å². The van der Waals surface area contributed by atoms with Crippen LogP contribution in [0.15, 0.2) is 87.5 Å². The minimum atomic E-state index is -0.328. The van der Waals surface area contributed by atoms with Crippen LogP contribution in [0, 0.1) is 0 Å². The molecule has 0 fully saturated rings. The number of hydrazone groups is 1. The maximum Gasteiger partial charge on any atom is 0.250 e. The number of aromatic nitrogens is 3. The number of aromatic hydroxyl groups is 2. The van der Waals surface area contributed by atoms with Crippen molar-refractivity contribution in [3.05, 3.63) is 82.8 Å². The van der Waals surface area contributed by atoms with Gasteiger partial charge in [-0.05, 0) is 48.0 Å². The Kier molecular flexibility index (Phi) is 7.06. The smallest absolute Gasteiger partial charge is 0.250 e. The van der Waals surface area contributed by atoms with Gasteiger partial charge in [0.2, 0.25) is 0 Å². The number of nitrogens with zero attached hydrogens (tertiary/aromatic N) is 4. The van der Waals surface area contributed by atoms with Crippen molar-refractivity contribution in [1.29, 1.82) is 0 Å². The number of carbonyl (C=O) groups is 1. The molecule has 0 radical (unpaired) electrons. The van der Waals surface area contributed by atoms with E-state index in [1.165, 1.54) is 30.1 Å². The maximum atomic E-state index is 12.3. The number of phenolic OH excluding ortho intramolecular Hbond substituents is 2. The molecule has 3 N–H and O–H groups in total. The first kappa shape index (κ1) is 22.6. The van der Waals surface area contributed by atoms with Crippen LogP contribution in [0.25, 0.3) is 17.1 Å². The third-order valence-electron chi connectivity index (χ3n) is 4.48. The zero-order valence-electron chi connectivity index (χ0n) is 17.1. The van der Waals surface area contributed by atoms with Gasteiger partial charge >= 0.3 is 0 Å². The number of amides is 1. The van der Waals surface area contributed by atoms with E-state index in [2.05, 4.69) is 36.7 Å². The van der Waals surface area contributed by atoms with Crippen molar-refractivity contribution in [3.8, 4) is 28.6 Å². The highest BCUT2D eigenvalue weighted by atomic mass is 79.9. The minimum absolute atomic E-state index is 0.0711. The SMILES string of the molecule is O=C(CSc1nnc(-c2ccccc2)n1-c1ccc(Br)cc1)N/N=C/c1ccc(O)c(O)c1. The van der Waals surface area contributed by atoms with Crippen molar-refractivity contribution in [3.63, 3.8) is 0 Å². The first-order valence-corrected chi connectivity index (χ1v) is 11.5. The quantitative estimate of drug-likeness (QED) is 0.143. The molecular weight excluding hydrogens is 506 g/mol. The third kappa shape index (κ3) is 5.60. The Balaban J connectivity index is 1.49. The summed E-state index contributed by atoms with van der Waals surface area (Å²) in [6, 6.07) is 21.7. The van der Waals surface area contributed by atoms with E-state index in [1.54, 1.807) is 6.07 Å². The van der Waals surface area contributed by atoms with Crippen LogP contribution in [-0.2, 0) is 4.79 Å². The highest BCUT2D eigenvalue weighted by molar-refractivity contribution is 9.10. The summed E-state index contributed by atoms with van der Waals surface area (Å²) in [6.45, 7) is 0. The Hall–Kier alpha value is -3.63. The Morgan fingerprint density at radius 2 is 1.79 bits per heavy atom. The van der Waals surface area contributed by atoms with E-state index in [-0.39, 0.29) is 23.2 Å². The predicted molar refractivity (Wildman–Crippen MR) is 131 cm³/mol. The average Bonchev–Trinajstić information content (AvgIpc) is 3.25. The summed E-state index contributed by atoms with van der Waals surface area (Å²) in [7, 11) is 0. The van der Waals surface area contributed by atoms with Crippen molar-refractivity contribution in [1.82, 2.24) is 20.2 Å². The number of thioether (sulfide) groups is 1. The summed E-state index contributed by atoms with van der Waals surface area (Å²) in [5, 5.41) is 32.0. The lowest BCUT2D eigenvalue weighted by atomic mass is 10.2. The summed E-state index contributed by atoms with van der Waals surface area (Å²) in [5.41, 5.74) is 4.75. The molecule has 0 aliphatic carbocycles. The Bertz CT molecular complexity index is 1290. The Morgan fingerprint density at radius 3 is 2.52 bits per heavy atom. The molecular formula is C23H18BrN5O3S. The molecule has 3 aromatic carbocycles. The Labute approximate surface area is 202 Å². The first-order chi connectivity index (χ1) is 16.0. The molecule has 0 aliphatic rings. The van der Waals surface area contributed by atoms with Gasteiger partial charge in [0, 0.05) is 15.7 Å².